The van der Waals surface area contributed by atoms with E-state index in [2.05, 4.69) is 62.1 Å². The minimum atomic E-state index is -0.160. The number of carbonyl (C=O) groups is 1. The zero-order chi connectivity index (χ0) is 20.8. The third kappa shape index (κ3) is 3.86. The van der Waals surface area contributed by atoms with Crippen LogP contribution in [0.15, 0.2) is 59.3 Å². The van der Waals surface area contributed by atoms with Gasteiger partial charge in [-0.05, 0) is 79.3 Å². The standard InChI is InChI=1S/C24H27BrN4O/c1-15(26-20-7-4-19(25)5-8-20)29-14-18-12-22(18)23(29)24(30)27-21-6-3-17-13-28(2)10-9-16(17)11-21/h3-8,11,18,22-23,26H,1,9-10,12-14H2,2H3,(H,27,30). The van der Waals surface area contributed by atoms with Gasteiger partial charge in [0.25, 0.3) is 0 Å². The molecule has 5 nitrogen and oxygen atoms in total. The highest BCUT2D eigenvalue weighted by Crippen LogP contribution is 2.50. The number of rotatable bonds is 5. The highest BCUT2D eigenvalue weighted by molar-refractivity contribution is 9.10. The molecule has 3 aliphatic rings. The Morgan fingerprint density at radius 1 is 1.10 bits per heavy atom. The van der Waals surface area contributed by atoms with Crippen molar-refractivity contribution < 1.29 is 4.79 Å². The number of fused-ring (bicyclic) bond motifs is 2. The van der Waals surface area contributed by atoms with Crippen LogP contribution in [-0.2, 0) is 17.8 Å². The molecule has 1 saturated carbocycles. The third-order valence-corrected chi connectivity index (χ3v) is 7.10. The van der Waals surface area contributed by atoms with Crippen LogP contribution in [-0.4, -0.2) is 41.9 Å². The van der Waals surface area contributed by atoms with E-state index >= 15 is 0 Å². The summed E-state index contributed by atoms with van der Waals surface area (Å²) in [6, 6.07) is 14.2. The summed E-state index contributed by atoms with van der Waals surface area (Å²) in [4.78, 5) is 17.7. The van der Waals surface area contributed by atoms with Gasteiger partial charge in [0.05, 0.1) is 5.82 Å². The van der Waals surface area contributed by atoms with Crippen LogP contribution in [0, 0.1) is 11.8 Å². The van der Waals surface area contributed by atoms with E-state index in [0.29, 0.717) is 11.8 Å². The maximum atomic E-state index is 13.2. The molecule has 1 aliphatic carbocycles. The molecule has 3 atom stereocenters. The smallest absolute Gasteiger partial charge is 0.247 e. The first-order chi connectivity index (χ1) is 14.5. The molecule has 3 unspecified atom stereocenters. The number of carbonyl (C=O) groups excluding carboxylic acids is 1. The first-order valence-corrected chi connectivity index (χ1v) is 11.4. The maximum absolute atomic E-state index is 13.2. The number of likely N-dealkylation sites (tertiary alicyclic amines) is 1. The Kier molecular flexibility index (Phi) is 5.07. The first-order valence-electron chi connectivity index (χ1n) is 10.6. The van der Waals surface area contributed by atoms with Crippen LogP contribution in [0.3, 0.4) is 0 Å². The van der Waals surface area contributed by atoms with E-state index in [-0.39, 0.29) is 11.9 Å². The van der Waals surface area contributed by atoms with E-state index in [9.17, 15) is 4.79 Å². The lowest BCUT2D eigenvalue weighted by atomic mass is 9.99. The van der Waals surface area contributed by atoms with Gasteiger partial charge in [0.2, 0.25) is 5.91 Å². The number of hydrogen-bond acceptors (Lipinski definition) is 4. The summed E-state index contributed by atoms with van der Waals surface area (Å²) in [5.74, 6) is 1.90. The summed E-state index contributed by atoms with van der Waals surface area (Å²) in [6.45, 7) is 7.16. The number of halogens is 1. The Hall–Kier alpha value is -2.31. The number of amides is 1. The average Bonchev–Trinajstić information content (AvgIpc) is 3.39. The minimum absolute atomic E-state index is 0.0756. The fourth-order valence-electron chi connectivity index (χ4n) is 4.84. The summed E-state index contributed by atoms with van der Waals surface area (Å²) in [6.07, 6.45) is 2.17. The molecule has 156 valence electrons. The summed E-state index contributed by atoms with van der Waals surface area (Å²) >= 11 is 3.46. The zero-order valence-corrected chi connectivity index (χ0v) is 18.8. The van der Waals surface area contributed by atoms with Crippen molar-refractivity contribution in [3.8, 4) is 0 Å². The topological polar surface area (TPSA) is 47.6 Å². The normalized spacial score (nSPS) is 24.7. The molecule has 0 bridgehead atoms. The van der Waals surface area contributed by atoms with Gasteiger partial charge in [-0.3, -0.25) is 4.79 Å². The fourth-order valence-corrected chi connectivity index (χ4v) is 5.10. The fraction of sp³-hybridized carbons (Fsp3) is 0.375. The number of likely N-dealkylation sites (N-methyl/N-ethyl adjacent to an activating group) is 1. The first kappa shape index (κ1) is 19.6. The lowest BCUT2D eigenvalue weighted by molar-refractivity contribution is -0.120. The molecule has 2 N–H and O–H groups in total. The molecular weight excluding hydrogens is 440 g/mol. The number of benzene rings is 2. The highest BCUT2D eigenvalue weighted by Gasteiger charge is 2.55. The Balaban J connectivity index is 1.28. The second-order valence-corrected chi connectivity index (χ2v) is 9.71. The van der Waals surface area contributed by atoms with Gasteiger partial charge in [-0.25, -0.2) is 0 Å². The summed E-state index contributed by atoms with van der Waals surface area (Å²) in [5.41, 5.74) is 4.58. The lowest BCUT2D eigenvalue weighted by Crippen LogP contribution is -2.43. The Labute approximate surface area is 186 Å². The maximum Gasteiger partial charge on any atom is 0.247 e. The lowest BCUT2D eigenvalue weighted by Gasteiger charge is -2.31. The summed E-state index contributed by atoms with van der Waals surface area (Å²) < 4.78 is 1.04. The average molecular weight is 467 g/mol. The van der Waals surface area contributed by atoms with Crippen molar-refractivity contribution in [1.29, 1.82) is 0 Å². The van der Waals surface area contributed by atoms with Crippen molar-refractivity contribution in [1.82, 2.24) is 9.80 Å². The predicted octanol–water partition coefficient (Wildman–Crippen LogP) is 4.28. The molecular formula is C24H27BrN4O. The van der Waals surface area contributed by atoms with Gasteiger partial charge in [0.15, 0.2) is 0 Å². The van der Waals surface area contributed by atoms with E-state index in [1.807, 2.05) is 30.3 Å². The van der Waals surface area contributed by atoms with Crippen molar-refractivity contribution in [3.63, 3.8) is 0 Å². The zero-order valence-electron chi connectivity index (χ0n) is 17.2. The number of hydrogen-bond donors (Lipinski definition) is 2. The van der Waals surface area contributed by atoms with Gasteiger partial charge in [-0.15, -0.1) is 0 Å². The SMILES string of the molecule is C=C(Nc1ccc(Br)cc1)N1CC2CC2C1C(=O)Nc1ccc2c(c1)CCN(C)C2. The molecule has 2 fully saturated rings. The molecule has 2 aliphatic heterocycles. The molecule has 30 heavy (non-hydrogen) atoms. The van der Waals surface area contributed by atoms with E-state index in [0.717, 1.165) is 54.1 Å². The number of nitrogens with one attached hydrogen (secondary N) is 2. The largest absolute Gasteiger partial charge is 0.346 e. The molecule has 0 aromatic heterocycles. The van der Waals surface area contributed by atoms with E-state index in [1.54, 1.807) is 0 Å². The molecule has 2 aromatic rings. The minimum Gasteiger partial charge on any atom is -0.346 e. The number of anilines is 2. The molecule has 6 heteroatoms. The van der Waals surface area contributed by atoms with Crippen LogP contribution < -0.4 is 10.6 Å². The molecule has 2 heterocycles. The van der Waals surface area contributed by atoms with Gasteiger partial charge in [0, 0.05) is 35.5 Å². The second-order valence-electron chi connectivity index (χ2n) is 8.80. The van der Waals surface area contributed by atoms with Crippen molar-refractivity contribution in [2.24, 2.45) is 11.8 Å². The van der Waals surface area contributed by atoms with Crippen LogP contribution in [0.1, 0.15) is 17.5 Å². The van der Waals surface area contributed by atoms with Crippen molar-refractivity contribution in [2.75, 3.05) is 30.8 Å². The molecule has 5 rings (SSSR count). The third-order valence-electron chi connectivity index (χ3n) is 6.57. The number of piperidine rings is 1. The second kappa shape index (κ2) is 7.75. The molecule has 2 aromatic carbocycles. The van der Waals surface area contributed by atoms with E-state index in [4.69, 9.17) is 0 Å². The Morgan fingerprint density at radius 2 is 1.87 bits per heavy atom. The van der Waals surface area contributed by atoms with Gasteiger partial charge in [-0.1, -0.05) is 28.6 Å². The van der Waals surface area contributed by atoms with Crippen LogP contribution in [0.2, 0.25) is 0 Å². The highest BCUT2D eigenvalue weighted by atomic mass is 79.9. The van der Waals surface area contributed by atoms with Crippen LogP contribution in [0.5, 0.6) is 0 Å². The monoisotopic (exact) mass is 466 g/mol. The van der Waals surface area contributed by atoms with Gasteiger partial charge >= 0.3 is 0 Å². The van der Waals surface area contributed by atoms with Crippen molar-refractivity contribution in [3.05, 3.63) is 70.5 Å². The van der Waals surface area contributed by atoms with E-state index in [1.165, 1.54) is 11.1 Å². The van der Waals surface area contributed by atoms with Gasteiger partial charge < -0.3 is 20.4 Å². The van der Waals surface area contributed by atoms with Gasteiger partial charge in [-0.2, -0.15) is 0 Å². The quantitative estimate of drug-likeness (QED) is 0.690. The Bertz CT molecular complexity index is 989. The van der Waals surface area contributed by atoms with Crippen LogP contribution in [0.4, 0.5) is 11.4 Å². The van der Waals surface area contributed by atoms with Gasteiger partial charge in [0.1, 0.15) is 6.04 Å². The molecule has 1 saturated heterocycles. The molecule has 0 spiro atoms. The molecule has 0 radical (unpaired) electrons. The predicted molar refractivity (Wildman–Crippen MR) is 124 cm³/mol. The van der Waals surface area contributed by atoms with Crippen molar-refractivity contribution >= 4 is 33.2 Å². The summed E-state index contributed by atoms with van der Waals surface area (Å²) in [7, 11) is 2.15. The van der Waals surface area contributed by atoms with E-state index < -0.39 is 0 Å². The van der Waals surface area contributed by atoms with Crippen LogP contribution in [0.25, 0.3) is 0 Å². The number of nitrogens with zero attached hydrogens (tertiary/aromatic N) is 2. The van der Waals surface area contributed by atoms with Crippen LogP contribution >= 0.6 is 15.9 Å². The Morgan fingerprint density at radius 3 is 2.67 bits per heavy atom. The molecule has 1 amide bonds. The van der Waals surface area contributed by atoms with Crippen molar-refractivity contribution in [2.45, 2.75) is 25.4 Å². The summed E-state index contributed by atoms with van der Waals surface area (Å²) in [5, 5.41) is 6.56.